The first kappa shape index (κ1) is 44.7. The Hall–Kier alpha value is -9.19. The lowest BCUT2D eigenvalue weighted by Crippen LogP contribution is -2.14. The van der Waals surface area contributed by atoms with E-state index in [2.05, 4.69) is 208 Å². The molecule has 3 heterocycles. The first-order valence-electron chi connectivity index (χ1n) is 25.7. The van der Waals surface area contributed by atoms with E-state index in [1.165, 1.54) is 61.7 Å². The Balaban J connectivity index is 0.00000172. The van der Waals surface area contributed by atoms with Crippen molar-refractivity contribution in [1.29, 1.82) is 0 Å². The van der Waals surface area contributed by atoms with Gasteiger partial charge in [-0.1, -0.05) is 204 Å². The number of hydrogen-bond acceptors (Lipinski definition) is 4. The third-order valence-corrected chi connectivity index (χ3v) is 14.6. The highest BCUT2D eigenvalue weighted by Gasteiger charge is 2.35. The van der Waals surface area contributed by atoms with E-state index in [4.69, 9.17) is 19.4 Å². The van der Waals surface area contributed by atoms with Crippen molar-refractivity contribution in [3.05, 3.63) is 242 Å². The van der Waals surface area contributed by atoms with E-state index in [0.717, 1.165) is 66.5 Å². The molecule has 0 N–H and O–H groups in total. The molecule has 14 rings (SSSR count). The normalized spacial score (nSPS) is 12.5. The highest BCUT2D eigenvalue weighted by molar-refractivity contribution is 6.14. The van der Waals surface area contributed by atoms with Crippen molar-refractivity contribution < 1.29 is 4.42 Å². The standard InChI is InChI=1S/C66H44N4O.C3H8/c1-66(2)57-28-12-9-23-51(57)52-33-31-43(39-58(52)66)47-35-46(41-17-5-3-6-18-41)36-48(37-47)50-26-16-27-56-53-24-10-13-29-59(53)70(62(50)56)49-22-15-21-44(38-49)64-67-63(42-19-7-4-8-20-42)68-65(69-64)45-32-34-55-54-25-11-14-30-60(54)71-61(55)40-45;1-3-2/h3-40H,1-2H3;3H2,1-2H3. The van der Waals surface area contributed by atoms with Crippen LogP contribution < -0.4 is 0 Å². The first-order valence-corrected chi connectivity index (χ1v) is 25.7. The molecule has 0 radical (unpaired) electrons. The predicted octanol–water partition coefficient (Wildman–Crippen LogP) is 18.6. The summed E-state index contributed by atoms with van der Waals surface area (Å²) in [7, 11) is 0. The van der Waals surface area contributed by atoms with E-state index in [1.807, 2.05) is 54.6 Å². The van der Waals surface area contributed by atoms with Crippen LogP contribution in [0.2, 0.25) is 0 Å². The van der Waals surface area contributed by atoms with Crippen molar-refractivity contribution in [2.24, 2.45) is 0 Å². The molecule has 0 unspecified atom stereocenters. The minimum Gasteiger partial charge on any atom is -0.456 e. The van der Waals surface area contributed by atoms with E-state index >= 15 is 0 Å². The Morgan fingerprint density at radius 2 is 0.905 bits per heavy atom. The fraction of sp³-hybridized carbons (Fsp3) is 0.0870. The van der Waals surface area contributed by atoms with Gasteiger partial charge >= 0.3 is 0 Å². The van der Waals surface area contributed by atoms with Crippen LogP contribution in [0.1, 0.15) is 45.2 Å². The van der Waals surface area contributed by atoms with E-state index in [0.29, 0.717) is 17.5 Å². The summed E-state index contributed by atoms with van der Waals surface area (Å²) in [4.78, 5) is 15.5. The molecule has 5 nitrogen and oxygen atoms in total. The van der Waals surface area contributed by atoms with Crippen molar-refractivity contribution in [3.8, 4) is 84.4 Å². The predicted molar refractivity (Wildman–Crippen MR) is 308 cm³/mol. The molecule has 0 spiro atoms. The molecule has 1 aliphatic rings. The summed E-state index contributed by atoms with van der Waals surface area (Å²) in [5.41, 5.74) is 19.8. The second-order valence-electron chi connectivity index (χ2n) is 19.9. The Morgan fingerprint density at radius 3 is 1.69 bits per heavy atom. The molecule has 354 valence electrons. The summed E-state index contributed by atoms with van der Waals surface area (Å²) < 4.78 is 8.75. The smallest absolute Gasteiger partial charge is 0.164 e. The third kappa shape index (κ3) is 7.59. The highest BCUT2D eigenvalue weighted by Crippen LogP contribution is 2.50. The quantitative estimate of drug-likeness (QED) is 0.160. The summed E-state index contributed by atoms with van der Waals surface area (Å²) in [6.45, 7) is 8.96. The van der Waals surface area contributed by atoms with Crippen molar-refractivity contribution in [3.63, 3.8) is 0 Å². The number of furan rings is 1. The molecule has 0 saturated carbocycles. The lowest BCUT2D eigenvalue weighted by molar-refractivity contribution is 0.660. The van der Waals surface area contributed by atoms with Gasteiger partial charge in [0.2, 0.25) is 0 Å². The Kier molecular flexibility index (Phi) is 11.0. The highest BCUT2D eigenvalue weighted by atomic mass is 16.3. The molecule has 5 heteroatoms. The summed E-state index contributed by atoms with van der Waals surface area (Å²) >= 11 is 0. The summed E-state index contributed by atoms with van der Waals surface area (Å²) in [6.07, 6.45) is 1.25. The summed E-state index contributed by atoms with van der Waals surface area (Å²) in [5, 5.41) is 4.51. The second kappa shape index (κ2) is 18.1. The topological polar surface area (TPSA) is 56.7 Å². The number of benzene rings is 10. The van der Waals surface area contributed by atoms with Crippen molar-refractivity contribution in [2.45, 2.75) is 39.5 Å². The molecule has 74 heavy (non-hydrogen) atoms. The van der Waals surface area contributed by atoms with Crippen molar-refractivity contribution >= 4 is 43.7 Å². The Bertz CT molecular complexity index is 4280. The van der Waals surface area contributed by atoms with Crippen LogP contribution >= 0.6 is 0 Å². The van der Waals surface area contributed by atoms with Gasteiger partial charge in [0.15, 0.2) is 17.5 Å². The molecule has 10 aromatic carbocycles. The zero-order valence-electron chi connectivity index (χ0n) is 41.8. The monoisotopic (exact) mass is 952 g/mol. The number of hydrogen-bond donors (Lipinski definition) is 0. The largest absolute Gasteiger partial charge is 0.456 e. The molecular weight excluding hydrogens is 901 g/mol. The number of aromatic nitrogens is 4. The van der Waals surface area contributed by atoms with Crippen LogP contribution in [-0.4, -0.2) is 19.5 Å². The van der Waals surface area contributed by atoms with E-state index in [-0.39, 0.29) is 5.41 Å². The van der Waals surface area contributed by atoms with Crippen LogP contribution in [0.4, 0.5) is 0 Å². The maximum atomic E-state index is 6.33. The molecule has 13 aromatic rings. The maximum Gasteiger partial charge on any atom is 0.164 e. The number of fused-ring (bicyclic) bond motifs is 9. The lowest BCUT2D eigenvalue weighted by atomic mass is 9.81. The van der Waals surface area contributed by atoms with Crippen LogP contribution in [0.15, 0.2) is 235 Å². The fourth-order valence-corrected chi connectivity index (χ4v) is 11.2. The van der Waals surface area contributed by atoms with Gasteiger partial charge in [-0.15, -0.1) is 0 Å². The van der Waals surface area contributed by atoms with E-state index in [1.54, 1.807) is 0 Å². The minimum absolute atomic E-state index is 0.112. The van der Waals surface area contributed by atoms with Gasteiger partial charge in [0.25, 0.3) is 0 Å². The molecular formula is C69H52N4O. The lowest BCUT2D eigenvalue weighted by Gasteiger charge is -2.22. The maximum absolute atomic E-state index is 6.33. The van der Waals surface area contributed by atoms with Crippen molar-refractivity contribution in [1.82, 2.24) is 19.5 Å². The van der Waals surface area contributed by atoms with Gasteiger partial charge in [-0.2, -0.15) is 0 Å². The number of para-hydroxylation sites is 3. The van der Waals surface area contributed by atoms with Gasteiger partial charge in [0.1, 0.15) is 11.2 Å². The summed E-state index contributed by atoms with van der Waals surface area (Å²) in [5.74, 6) is 1.76. The van der Waals surface area contributed by atoms with Crippen LogP contribution in [0.5, 0.6) is 0 Å². The molecule has 0 aliphatic heterocycles. The average Bonchev–Trinajstić information content (AvgIpc) is 4.09. The van der Waals surface area contributed by atoms with Gasteiger partial charge in [-0.05, 0) is 111 Å². The summed E-state index contributed by atoms with van der Waals surface area (Å²) in [6, 6.07) is 82.4. The van der Waals surface area contributed by atoms with Crippen LogP contribution in [0, 0.1) is 0 Å². The molecule has 0 atom stereocenters. The second-order valence-corrected chi connectivity index (χ2v) is 19.9. The zero-order chi connectivity index (χ0) is 49.9. The third-order valence-electron chi connectivity index (χ3n) is 14.6. The molecule has 0 bridgehead atoms. The van der Waals surface area contributed by atoms with Gasteiger partial charge in [0, 0.05) is 54.9 Å². The Morgan fingerprint density at radius 1 is 0.365 bits per heavy atom. The average molecular weight is 953 g/mol. The SMILES string of the molecule is CC1(C)c2ccccc2-c2ccc(-c3cc(-c4ccccc4)cc(-c4cccc5c6ccccc6n(-c6cccc(-c7nc(-c8ccccc8)nc(-c8ccc9c(c8)oc8ccccc89)n7)c6)c45)c3)cc21.CCC. The molecule has 3 aromatic heterocycles. The van der Waals surface area contributed by atoms with Gasteiger partial charge in [-0.25, -0.2) is 15.0 Å². The Labute approximate surface area is 431 Å². The van der Waals surface area contributed by atoms with Crippen LogP contribution in [0.25, 0.3) is 128 Å². The fourth-order valence-electron chi connectivity index (χ4n) is 11.2. The number of rotatable bonds is 7. The molecule has 0 saturated heterocycles. The van der Waals surface area contributed by atoms with Crippen LogP contribution in [-0.2, 0) is 5.41 Å². The van der Waals surface area contributed by atoms with Gasteiger partial charge < -0.3 is 8.98 Å². The molecule has 0 fully saturated rings. The van der Waals surface area contributed by atoms with E-state index < -0.39 is 0 Å². The number of nitrogens with zero attached hydrogens (tertiary/aromatic N) is 4. The van der Waals surface area contributed by atoms with Crippen LogP contribution in [0.3, 0.4) is 0 Å². The van der Waals surface area contributed by atoms with Gasteiger partial charge in [0.05, 0.1) is 11.0 Å². The van der Waals surface area contributed by atoms with E-state index in [9.17, 15) is 0 Å². The van der Waals surface area contributed by atoms with Gasteiger partial charge in [-0.3, -0.25) is 0 Å². The van der Waals surface area contributed by atoms with Crippen molar-refractivity contribution in [2.75, 3.05) is 0 Å². The molecule has 0 amide bonds. The first-order chi connectivity index (χ1) is 36.3. The minimum atomic E-state index is -0.112. The molecule has 1 aliphatic carbocycles. The zero-order valence-corrected chi connectivity index (χ0v) is 41.8.